The molecule has 96 valence electrons. The number of hydrogen-bond donors (Lipinski definition) is 1. The maximum Gasteiger partial charge on any atom is 0.294 e. The molecule has 3 nitrogen and oxygen atoms in total. The Kier molecular flexibility index (Phi) is 5.62. The van der Waals surface area contributed by atoms with E-state index >= 15 is 0 Å². The van der Waals surface area contributed by atoms with Crippen LogP contribution in [-0.2, 0) is 16.5 Å². The zero-order chi connectivity index (χ0) is 12.9. The van der Waals surface area contributed by atoms with Crippen molar-refractivity contribution in [3.63, 3.8) is 0 Å². The van der Waals surface area contributed by atoms with Crippen LogP contribution in [0.3, 0.4) is 0 Å². The lowest BCUT2D eigenvalue weighted by Gasteiger charge is -2.09. The minimum Gasteiger partial charge on any atom is -0.282 e. The number of unbranched alkanes of at least 4 members (excludes halogenated alkanes) is 1. The number of benzene rings is 1. The number of halogens is 1. The molecular formula is C12H17BrO3S. The summed E-state index contributed by atoms with van der Waals surface area (Å²) in [6.45, 7) is 2.15. The third-order valence-electron chi connectivity index (χ3n) is 2.55. The van der Waals surface area contributed by atoms with Crippen molar-refractivity contribution in [3.05, 3.63) is 29.8 Å². The molecule has 0 heterocycles. The van der Waals surface area contributed by atoms with Crippen LogP contribution in [0.4, 0.5) is 0 Å². The third kappa shape index (κ3) is 5.19. The summed E-state index contributed by atoms with van der Waals surface area (Å²) in [4.78, 5) is 0.361. The predicted octanol–water partition coefficient (Wildman–Crippen LogP) is 3.43. The van der Waals surface area contributed by atoms with Crippen molar-refractivity contribution in [1.82, 2.24) is 0 Å². The van der Waals surface area contributed by atoms with E-state index in [1.807, 2.05) is 0 Å². The fourth-order valence-electron chi connectivity index (χ4n) is 1.58. The summed E-state index contributed by atoms with van der Waals surface area (Å²) in [6, 6.07) is 6.35. The minimum atomic E-state index is -4.07. The van der Waals surface area contributed by atoms with Crippen molar-refractivity contribution in [2.45, 2.75) is 42.3 Å². The number of hydrogen-bond acceptors (Lipinski definition) is 2. The standard InChI is InChI=1S/C12H17BrO3S/c1-2-3-4-11(13)9-10-5-7-12(8-6-10)17(14,15)16/h5-8,11H,2-4,9H2,1H3,(H,14,15,16). The molecule has 0 radical (unpaired) electrons. The zero-order valence-corrected chi connectivity index (χ0v) is 12.2. The molecule has 1 aromatic carbocycles. The molecule has 1 N–H and O–H groups in total. The minimum absolute atomic E-state index is 0.0547. The lowest BCUT2D eigenvalue weighted by atomic mass is 10.1. The first-order valence-corrected chi connectivity index (χ1v) is 7.99. The van der Waals surface area contributed by atoms with Crippen LogP contribution in [0.2, 0.25) is 0 Å². The smallest absolute Gasteiger partial charge is 0.282 e. The van der Waals surface area contributed by atoms with E-state index in [1.54, 1.807) is 12.1 Å². The molecule has 5 heteroatoms. The highest BCUT2D eigenvalue weighted by Crippen LogP contribution is 2.17. The highest BCUT2D eigenvalue weighted by molar-refractivity contribution is 9.09. The average Bonchev–Trinajstić information content (AvgIpc) is 2.26. The Morgan fingerprint density at radius 2 is 1.88 bits per heavy atom. The molecule has 17 heavy (non-hydrogen) atoms. The topological polar surface area (TPSA) is 54.4 Å². The van der Waals surface area contributed by atoms with Gasteiger partial charge in [0.05, 0.1) is 4.90 Å². The monoisotopic (exact) mass is 320 g/mol. The first-order chi connectivity index (χ1) is 7.93. The summed E-state index contributed by atoms with van der Waals surface area (Å²) in [5.41, 5.74) is 1.07. The van der Waals surface area contributed by atoms with Crippen molar-refractivity contribution < 1.29 is 13.0 Å². The van der Waals surface area contributed by atoms with Gasteiger partial charge in [0.15, 0.2) is 0 Å². The second-order valence-electron chi connectivity index (χ2n) is 4.06. The van der Waals surface area contributed by atoms with Crippen molar-refractivity contribution in [3.8, 4) is 0 Å². The lowest BCUT2D eigenvalue weighted by Crippen LogP contribution is -2.03. The van der Waals surface area contributed by atoms with E-state index in [0.717, 1.165) is 18.4 Å². The Hall–Kier alpha value is -0.390. The van der Waals surface area contributed by atoms with E-state index in [-0.39, 0.29) is 4.90 Å². The molecule has 0 spiro atoms. The van der Waals surface area contributed by atoms with Gasteiger partial charge in [0.25, 0.3) is 10.1 Å². The third-order valence-corrected chi connectivity index (χ3v) is 4.20. The Labute approximate surface area is 111 Å². The Morgan fingerprint density at radius 1 is 1.29 bits per heavy atom. The zero-order valence-electron chi connectivity index (χ0n) is 9.77. The molecule has 1 atom stereocenters. The summed E-state index contributed by atoms with van der Waals surface area (Å²) in [6.07, 6.45) is 4.32. The Morgan fingerprint density at radius 3 is 2.35 bits per heavy atom. The van der Waals surface area contributed by atoms with Crippen molar-refractivity contribution in [2.75, 3.05) is 0 Å². The maximum atomic E-state index is 10.9. The number of alkyl halides is 1. The van der Waals surface area contributed by atoms with Crippen LogP contribution in [0, 0.1) is 0 Å². The van der Waals surface area contributed by atoms with Gasteiger partial charge in [-0.05, 0) is 30.5 Å². The van der Waals surface area contributed by atoms with Crippen LogP contribution in [0.15, 0.2) is 29.2 Å². The Bertz CT molecular complexity index is 439. The first-order valence-electron chi connectivity index (χ1n) is 5.64. The van der Waals surface area contributed by atoms with E-state index in [0.29, 0.717) is 4.83 Å². The van der Waals surface area contributed by atoms with Gasteiger partial charge < -0.3 is 0 Å². The van der Waals surface area contributed by atoms with E-state index in [9.17, 15) is 8.42 Å². The van der Waals surface area contributed by atoms with Gasteiger partial charge in [-0.25, -0.2) is 0 Å². The van der Waals surface area contributed by atoms with Crippen LogP contribution in [0.1, 0.15) is 31.7 Å². The summed E-state index contributed by atoms with van der Waals surface area (Å²) in [5, 5.41) is 0. The molecule has 0 saturated heterocycles. The summed E-state index contributed by atoms with van der Waals surface area (Å²) in [5.74, 6) is 0. The second-order valence-corrected chi connectivity index (χ2v) is 6.78. The molecule has 0 aromatic heterocycles. The van der Waals surface area contributed by atoms with Crippen molar-refractivity contribution >= 4 is 26.0 Å². The van der Waals surface area contributed by atoms with Gasteiger partial charge in [-0.15, -0.1) is 0 Å². The summed E-state index contributed by atoms with van der Waals surface area (Å²) < 4.78 is 30.5. The molecule has 1 aromatic rings. The van der Waals surface area contributed by atoms with E-state index < -0.39 is 10.1 Å². The van der Waals surface area contributed by atoms with Gasteiger partial charge in [0.2, 0.25) is 0 Å². The molecule has 0 aliphatic heterocycles. The van der Waals surface area contributed by atoms with E-state index in [4.69, 9.17) is 4.55 Å². The molecule has 1 unspecified atom stereocenters. The highest BCUT2D eigenvalue weighted by Gasteiger charge is 2.10. The van der Waals surface area contributed by atoms with Crippen molar-refractivity contribution in [2.24, 2.45) is 0 Å². The quantitative estimate of drug-likeness (QED) is 0.645. The molecular weight excluding hydrogens is 304 g/mol. The molecule has 0 saturated carbocycles. The van der Waals surface area contributed by atoms with Crippen LogP contribution in [-0.4, -0.2) is 17.8 Å². The molecule has 0 bridgehead atoms. The molecule has 0 aliphatic rings. The maximum absolute atomic E-state index is 10.9. The predicted molar refractivity (Wildman–Crippen MR) is 72.2 cm³/mol. The first kappa shape index (κ1) is 14.7. The lowest BCUT2D eigenvalue weighted by molar-refractivity contribution is 0.483. The molecule has 1 rings (SSSR count). The molecule has 0 aliphatic carbocycles. The van der Waals surface area contributed by atoms with Gasteiger partial charge in [-0.1, -0.05) is 47.8 Å². The Balaban J connectivity index is 2.63. The van der Waals surface area contributed by atoms with Gasteiger partial charge in [0.1, 0.15) is 0 Å². The average molecular weight is 321 g/mol. The summed E-state index contributed by atoms with van der Waals surface area (Å²) >= 11 is 3.61. The fourth-order valence-corrected chi connectivity index (χ4v) is 2.76. The fraction of sp³-hybridized carbons (Fsp3) is 0.500. The van der Waals surface area contributed by atoms with Gasteiger partial charge in [0, 0.05) is 4.83 Å². The SMILES string of the molecule is CCCCC(Br)Cc1ccc(S(=O)(=O)O)cc1. The van der Waals surface area contributed by atoms with Crippen LogP contribution in [0.5, 0.6) is 0 Å². The largest absolute Gasteiger partial charge is 0.294 e. The summed E-state index contributed by atoms with van der Waals surface area (Å²) in [7, 11) is -4.07. The molecule has 0 fully saturated rings. The van der Waals surface area contributed by atoms with Crippen molar-refractivity contribution in [1.29, 1.82) is 0 Å². The highest BCUT2D eigenvalue weighted by atomic mass is 79.9. The van der Waals surface area contributed by atoms with Crippen LogP contribution >= 0.6 is 15.9 Å². The van der Waals surface area contributed by atoms with E-state index in [1.165, 1.54) is 25.0 Å². The normalized spacial score (nSPS) is 13.6. The number of rotatable bonds is 6. The van der Waals surface area contributed by atoms with E-state index in [2.05, 4.69) is 22.9 Å². The molecule has 0 amide bonds. The van der Waals surface area contributed by atoms with Gasteiger partial charge in [-0.2, -0.15) is 8.42 Å². The second kappa shape index (κ2) is 6.52. The van der Waals surface area contributed by atoms with Gasteiger partial charge in [-0.3, -0.25) is 4.55 Å². The van der Waals surface area contributed by atoms with Gasteiger partial charge >= 0.3 is 0 Å². The van der Waals surface area contributed by atoms with Crippen LogP contribution < -0.4 is 0 Å². The van der Waals surface area contributed by atoms with Crippen LogP contribution in [0.25, 0.3) is 0 Å².